The number of hydrogen-bond donors (Lipinski definition) is 1. The fourth-order valence-corrected chi connectivity index (χ4v) is 5.97. The molecule has 3 saturated heterocycles. The van der Waals surface area contributed by atoms with Crippen LogP contribution in [-0.2, 0) is 11.8 Å². The zero-order valence-electron chi connectivity index (χ0n) is 21.3. The molecule has 7 rings (SSSR count). The zero-order valence-corrected chi connectivity index (χ0v) is 21.3. The van der Waals surface area contributed by atoms with Crippen molar-refractivity contribution in [3.8, 4) is 17.0 Å². The number of ether oxygens (including phenoxy) is 2. The number of amides is 1. The summed E-state index contributed by atoms with van der Waals surface area (Å²) in [5.74, 6) is 1.74. The molecule has 4 aromatic rings. The standard InChI is InChI=1S/C30H32N4O3/c1-33-29(17-28(32-33)23-8-7-20-5-3-4-6-21(20)15-23)27-18-34-14-13-22(27)16-25(34)19-37-30(35)31-24-9-11-26(36-2)12-10-24/h3-12,15,17,22,25,27H,13-14,16,18-19H2,1-2H3,(H,31,35)/t22-,25+,27-/m0/s1. The van der Waals surface area contributed by atoms with Gasteiger partial charge < -0.3 is 9.47 Å². The lowest BCUT2D eigenvalue weighted by Crippen LogP contribution is -2.54. The molecule has 3 aromatic carbocycles. The minimum absolute atomic E-state index is 0.254. The van der Waals surface area contributed by atoms with Crippen LogP contribution in [0.5, 0.6) is 5.75 Å². The summed E-state index contributed by atoms with van der Waals surface area (Å²) in [7, 11) is 3.67. The van der Waals surface area contributed by atoms with E-state index >= 15 is 0 Å². The lowest BCUT2D eigenvalue weighted by Gasteiger charge is -2.49. The summed E-state index contributed by atoms with van der Waals surface area (Å²) in [6, 6.07) is 24.7. The molecule has 0 spiro atoms. The summed E-state index contributed by atoms with van der Waals surface area (Å²) >= 11 is 0. The highest BCUT2D eigenvalue weighted by atomic mass is 16.5. The predicted octanol–water partition coefficient (Wildman–Crippen LogP) is 5.68. The minimum Gasteiger partial charge on any atom is -0.497 e. The van der Waals surface area contributed by atoms with Crippen LogP contribution in [0.2, 0.25) is 0 Å². The van der Waals surface area contributed by atoms with Gasteiger partial charge in [0.25, 0.3) is 0 Å². The smallest absolute Gasteiger partial charge is 0.411 e. The number of anilines is 1. The Bertz CT molecular complexity index is 1410. The number of rotatable bonds is 6. The first kappa shape index (κ1) is 23.6. The Morgan fingerprint density at radius 2 is 1.86 bits per heavy atom. The average Bonchev–Trinajstić information content (AvgIpc) is 3.33. The van der Waals surface area contributed by atoms with E-state index in [1.807, 2.05) is 12.1 Å². The van der Waals surface area contributed by atoms with Crippen LogP contribution in [0.4, 0.5) is 10.5 Å². The summed E-state index contributed by atoms with van der Waals surface area (Å²) in [5.41, 5.74) is 4.15. The third kappa shape index (κ3) is 4.79. The van der Waals surface area contributed by atoms with E-state index in [2.05, 4.69) is 70.5 Å². The van der Waals surface area contributed by atoms with Crippen LogP contribution in [0, 0.1) is 5.92 Å². The Hall–Kier alpha value is -3.84. The van der Waals surface area contributed by atoms with E-state index in [-0.39, 0.29) is 6.04 Å². The highest BCUT2D eigenvalue weighted by Crippen LogP contribution is 2.42. The average molecular weight is 497 g/mol. The van der Waals surface area contributed by atoms with Gasteiger partial charge in [0, 0.05) is 42.5 Å². The Kier molecular flexibility index (Phi) is 6.30. The van der Waals surface area contributed by atoms with E-state index in [9.17, 15) is 4.79 Å². The van der Waals surface area contributed by atoms with E-state index in [4.69, 9.17) is 14.6 Å². The van der Waals surface area contributed by atoms with E-state index in [1.165, 1.54) is 16.5 Å². The number of methoxy groups -OCH3 is 1. The van der Waals surface area contributed by atoms with Crippen molar-refractivity contribution in [1.29, 1.82) is 0 Å². The number of piperidine rings is 3. The summed E-state index contributed by atoms with van der Waals surface area (Å²) in [4.78, 5) is 14.9. The van der Waals surface area contributed by atoms with Gasteiger partial charge in [-0.3, -0.25) is 14.9 Å². The number of benzene rings is 3. The molecule has 2 bridgehead atoms. The van der Waals surface area contributed by atoms with Gasteiger partial charge in [0.1, 0.15) is 12.4 Å². The number of aryl methyl sites for hydroxylation is 1. The molecular formula is C30H32N4O3. The van der Waals surface area contributed by atoms with Crippen LogP contribution in [-0.4, -0.2) is 53.6 Å². The molecule has 1 amide bonds. The van der Waals surface area contributed by atoms with Gasteiger partial charge in [-0.1, -0.05) is 36.4 Å². The van der Waals surface area contributed by atoms with E-state index in [1.54, 1.807) is 19.2 Å². The molecule has 1 aromatic heterocycles. The summed E-state index contributed by atoms with van der Waals surface area (Å²) < 4.78 is 12.8. The maximum atomic E-state index is 12.4. The molecule has 190 valence electrons. The van der Waals surface area contributed by atoms with Crippen molar-refractivity contribution in [2.75, 3.05) is 32.1 Å². The van der Waals surface area contributed by atoms with Crippen LogP contribution >= 0.6 is 0 Å². The lowest BCUT2D eigenvalue weighted by atomic mass is 9.74. The zero-order chi connectivity index (χ0) is 25.4. The molecule has 7 heteroatoms. The van der Waals surface area contributed by atoms with E-state index in [0.29, 0.717) is 24.1 Å². The van der Waals surface area contributed by atoms with Crippen LogP contribution in [0.15, 0.2) is 72.8 Å². The minimum atomic E-state index is -0.420. The first-order valence-corrected chi connectivity index (χ1v) is 12.9. The summed E-state index contributed by atoms with van der Waals surface area (Å²) in [6.07, 6.45) is 1.77. The van der Waals surface area contributed by atoms with E-state index < -0.39 is 6.09 Å². The molecule has 3 aliphatic heterocycles. The molecule has 4 atom stereocenters. The number of hydrogen-bond acceptors (Lipinski definition) is 5. The molecule has 0 saturated carbocycles. The second-order valence-corrected chi connectivity index (χ2v) is 10.1. The molecule has 7 nitrogen and oxygen atoms in total. The van der Waals surface area contributed by atoms with Crippen LogP contribution in [0.3, 0.4) is 0 Å². The van der Waals surface area contributed by atoms with Gasteiger partial charge in [0.05, 0.1) is 12.8 Å². The molecule has 0 radical (unpaired) electrons. The fraction of sp³-hybridized carbons (Fsp3) is 0.333. The van der Waals surface area contributed by atoms with Crippen molar-refractivity contribution in [3.63, 3.8) is 0 Å². The van der Waals surface area contributed by atoms with Gasteiger partial charge in [0.15, 0.2) is 0 Å². The highest BCUT2D eigenvalue weighted by molar-refractivity contribution is 5.87. The maximum Gasteiger partial charge on any atom is 0.411 e. The van der Waals surface area contributed by atoms with Gasteiger partial charge >= 0.3 is 6.09 Å². The molecule has 3 aliphatic rings. The quantitative estimate of drug-likeness (QED) is 0.372. The van der Waals surface area contributed by atoms with Crippen molar-refractivity contribution >= 4 is 22.6 Å². The molecule has 4 heterocycles. The highest BCUT2D eigenvalue weighted by Gasteiger charge is 2.42. The summed E-state index contributed by atoms with van der Waals surface area (Å²) in [6.45, 7) is 2.42. The largest absolute Gasteiger partial charge is 0.497 e. The van der Waals surface area contributed by atoms with Crippen molar-refractivity contribution in [3.05, 3.63) is 78.5 Å². The number of aromatic nitrogens is 2. The third-order valence-electron chi connectivity index (χ3n) is 7.96. The lowest BCUT2D eigenvalue weighted by molar-refractivity contribution is -0.00222. The predicted molar refractivity (Wildman–Crippen MR) is 145 cm³/mol. The molecule has 3 fully saturated rings. The topological polar surface area (TPSA) is 68.6 Å². The van der Waals surface area contributed by atoms with Gasteiger partial charge in [0.2, 0.25) is 0 Å². The van der Waals surface area contributed by atoms with E-state index in [0.717, 1.165) is 42.9 Å². The third-order valence-corrected chi connectivity index (χ3v) is 7.96. The number of nitrogens with zero attached hydrogens (tertiary/aromatic N) is 3. The Labute approximate surface area is 217 Å². The fourth-order valence-electron chi connectivity index (χ4n) is 5.97. The second-order valence-electron chi connectivity index (χ2n) is 10.1. The van der Waals surface area contributed by atoms with Gasteiger partial charge in [-0.25, -0.2) is 4.79 Å². The monoisotopic (exact) mass is 496 g/mol. The first-order valence-electron chi connectivity index (χ1n) is 12.9. The van der Waals surface area contributed by atoms with Gasteiger partial charge in [-0.2, -0.15) is 5.10 Å². The second kappa shape index (κ2) is 9.90. The van der Waals surface area contributed by atoms with Crippen LogP contribution < -0.4 is 10.1 Å². The van der Waals surface area contributed by atoms with Crippen LogP contribution in [0.25, 0.3) is 22.0 Å². The number of fused-ring (bicyclic) bond motifs is 4. The number of carbonyl (C=O) groups excluding carboxylic acids is 1. The molecular weight excluding hydrogens is 464 g/mol. The SMILES string of the molecule is COc1ccc(NC(=O)OC[C@H]2C[C@@H]3CCN2C[C@@H]3c2cc(-c3ccc4ccccc4c3)nn2C)cc1. The van der Waals surface area contributed by atoms with Crippen LogP contribution in [0.1, 0.15) is 24.5 Å². The molecule has 0 aliphatic carbocycles. The molecule has 1 unspecified atom stereocenters. The van der Waals surface area contributed by atoms with Gasteiger partial charge in [-0.05, 0) is 72.5 Å². The maximum absolute atomic E-state index is 12.4. The molecule has 37 heavy (non-hydrogen) atoms. The van der Waals surface area contributed by atoms with Crippen molar-refractivity contribution in [2.45, 2.75) is 24.8 Å². The number of nitrogens with one attached hydrogen (secondary N) is 1. The van der Waals surface area contributed by atoms with Crippen molar-refractivity contribution in [1.82, 2.24) is 14.7 Å². The Morgan fingerprint density at radius 1 is 1.05 bits per heavy atom. The molecule has 1 N–H and O–H groups in total. The normalized spacial score (nSPS) is 22.6. The van der Waals surface area contributed by atoms with Gasteiger partial charge in [-0.15, -0.1) is 0 Å². The Balaban J connectivity index is 1.09. The van der Waals surface area contributed by atoms with Crippen molar-refractivity contribution < 1.29 is 14.3 Å². The summed E-state index contributed by atoms with van der Waals surface area (Å²) in [5, 5.41) is 10.2. The first-order chi connectivity index (χ1) is 18.1. The Morgan fingerprint density at radius 3 is 2.62 bits per heavy atom. The van der Waals surface area contributed by atoms with Crippen molar-refractivity contribution in [2.24, 2.45) is 13.0 Å². The number of carbonyl (C=O) groups is 1.